The fourth-order valence-electron chi connectivity index (χ4n) is 2.91. The number of hydrogen-bond donors (Lipinski definition) is 2. The highest BCUT2D eigenvalue weighted by Crippen LogP contribution is 2.20. The summed E-state index contributed by atoms with van der Waals surface area (Å²) < 4.78 is 18.5. The molecule has 0 spiro atoms. The zero-order valence-electron chi connectivity index (χ0n) is 16.2. The summed E-state index contributed by atoms with van der Waals surface area (Å²) in [5.41, 5.74) is 2.64. The molecule has 0 bridgehead atoms. The third-order valence-corrected chi connectivity index (χ3v) is 4.42. The standard InChI is InChI=1S/C23H19FN4O2.2H2/c1-15-5-10-20(30-15)14-25-23(29)17-3-2-4-19(13-17)26-22-12-11-21(27-28-22)16-6-8-18(24)9-7-16;;/h2-13H,14H2,1H3,(H,25,29)(H,26,28);2*1H. The number of furan rings is 1. The van der Waals surface area contributed by atoms with Gasteiger partial charge in [-0.25, -0.2) is 4.39 Å². The van der Waals surface area contributed by atoms with Gasteiger partial charge in [0.1, 0.15) is 17.3 Å². The Balaban J connectivity index is 0.00000181. The van der Waals surface area contributed by atoms with Crippen molar-refractivity contribution in [3.63, 3.8) is 0 Å². The van der Waals surface area contributed by atoms with Crippen molar-refractivity contribution in [3.05, 3.63) is 95.7 Å². The van der Waals surface area contributed by atoms with Crippen molar-refractivity contribution in [3.8, 4) is 11.3 Å². The van der Waals surface area contributed by atoms with Crippen LogP contribution in [-0.4, -0.2) is 16.1 Å². The minimum atomic E-state index is -0.298. The molecule has 154 valence electrons. The molecule has 1 amide bonds. The molecule has 0 aliphatic carbocycles. The van der Waals surface area contributed by atoms with E-state index in [-0.39, 0.29) is 14.6 Å². The van der Waals surface area contributed by atoms with Crippen LogP contribution in [0, 0.1) is 12.7 Å². The molecule has 2 aromatic heterocycles. The summed E-state index contributed by atoms with van der Waals surface area (Å²) in [7, 11) is 0. The number of carbonyl (C=O) groups excluding carboxylic acids is 1. The zero-order chi connectivity index (χ0) is 20.9. The maximum atomic E-state index is 13.1. The van der Waals surface area contributed by atoms with Gasteiger partial charge in [0.05, 0.1) is 12.2 Å². The number of carbonyl (C=O) groups is 1. The first-order valence-electron chi connectivity index (χ1n) is 9.37. The summed E-state index contributed by atoms with van der Waals surface area (Å²) in [5, 5.41) is 14.3. The first-order chi connectivity index (χ1) is 14.6. The van der Waals surface area contributed by atoms with E-state index in [1.165, 1.54) is 12.1 Å². The molecule has 2 N–H and O–H groups in total. The molecule has 0 fully saturated rings. The maximum absolute atomic E-state index is 13.1. The highest BCUT2D eigenvalue weighted by atomic mass is 19.1. The Kier molecular flexibility index (Phi) is 5.52. The molecule has 0 saturated carbocycles. The highest BCUT2D eigenvalue weighted by molar-refractivity contribution is 5.95. The second kappa shape index (κ2) is 8.57. The molecular weight excluding hydrogens is 383 g/mol. The van der Waals surface area contributed by atoms with E-state index < -0.39 is 0 Å². The van der Waals surface area contributed by atoms with Crippen molar-refractivity contribution in [1.29, 1.82) is 0 Å². The molecule has 0 aliphatic heterocycles. The Morgan fingerprint density at radius 2 is 1.87 bits per heavy atom. The van der Waals surface area contributed by atoms with Crippen LogP contribution >= 0.6 is 0 Å². The van der Waals surface area contributed by atoms with Crippen LogP contribution < -0.4 is 10.6 Å². The lowest BCUT2D eigenvalue weighted by Crippen LogP contribution is -2.22. The first-order valence-corrected chi connectivity index (χ1v) is 9.37. The molecule has 0 radical (unpaired) electrons. The Bertz CT molecular complexity index is 1170. The molecule has 6 nitrogen and oxygen atoms in total. The summed E-state index contributed by atoms with van der Waals surface area (Å²) in [6.07, 6.45) is 0. The molecule has 4 rings (SSSR count). The van der Waals surface area contributed by atoms with Gasteiger partial charge in [-0.3, -0.25) is 4.79 Å². The topological polar surface area (TPSA) is 80.0 Å². The average molecular weight is 406 g/mol. The summed E-state index contributed by atoms with van der Waals surface area (Å²) in [6.45, 7) is 2.18. The predicted octanol–water partition coefficient (Wildman–Crippen LogP) is 5.35. The molecule has 2 heterocycles. The second-order valence-electron chi connectivity index (χ2n) is 6.71. The Morgan fingerprint density at radius 1 is 1.03 bits per heavy atom. The van der Waals surface area contributed by atoms with E-state index >= 15 is 0 Å². The lowest BCUT2D eigenvalue weighted by molar-refractivity contribution is 0.0948. The van der Waals surface area contributed by atoms with Crippen LogP contribution in [0.25, 0.3) is 11.3 Å². The molecular formula is C23H23FN4O2. The van der Waals surface area contributed by atoms with Crippen LogP contribution in [0.15, 0.2) is 77.2 Å². The minimum absolute atomic E-state index is 0. The zero-order valence-corrected chi connectivity index (χ0v) is 16.2. The van der Waals surface area contributed by atoms with Crippen molar-refractivity contribution in [2.45, 2.75) is 13.5 Å². The average Bonchev–Trinajstić information content (AvgIpc) is 3.18. The highest BCUT2D eigenvalue weighted by Gasteiger charge is 2.08. The Labute approximate surface area is 175 Å². The van der Waals surface area contributed by atoms with Crippen LogP contribution in [-0.2, 0) is 6.54 Å². The molecule has 0 saturated heterocycles. The minimum Gasteiger partial charge on any atom is -0.465 e. The summed E-state index contributed by atoms with van der Waals surface area (Å²) >= 11 is 0. The first kappa shape index (κ1) is 19.3. The number of nitrogens with zero attached hydrogens (tertiary/aromatic N) is 2. The van der Waals surface area contributed by atoms with E-state index in [1.807, 2.05) is 25.1 Å². The smallest absolute Gasteiger partial charge is 0.251 e. The number of aryl methyl sites for hydroxylation is 1. The van der Waals surface area contributed by atoms with Gasteiger partial charge in [0.15, 0.2) is 5.82 Å². The number of anilines is 2. The maximum Gasteiger partial charge on any atom is 0.251 e. The third kappa shape index (κ3) is 4.70. The second-order valence-corrected chi connectivity index (χ2v) is 6.71. The molecule has 30 heavy (non-hydrogen) atoms. The number of amides is 1. The Morgan fingerprint density at radius 3 is 2.57 bits per heavy atom. The van der Waals surface area contributed by atoms with Crippen LogP contribution in [0.3, 0.4) is 0 Å². The third-order valence-electron chi connectivity index (χ3n) is 4.42. The van der Waals surface area contributed by atoms with Crippen LogP contribution in [0.2, 0.25) is 0 Å². The number of aromatic nitrogens is 2. The van der Waals surface area contributed by atoms with Crippen LogP contribution in [0.1, 0.15) is 24.7 Å². The van der Waals surface area contributed by atoms with Gasteiger partial charge in [0, 0.05) is 19.7 Å². The molecule has 0 atom stereocenters. The van der Waals surface area contributed by atoms with E-state index in [1.54, 1.807) is 42.5 Å². The van der Waals surface area contributed by atoms with Gasteiger partial charge in [0.25, 0.3) is 5.91 Å². The normalized spacial score (nSPS) is 10.6. The summed E-state index contributed by atoms with van der Waals surface area (Å²) in [5.74, 6) is 1.53. The molecule has 7 heteroatoms. The fraction of sp³-hybridized carbons (Fsp3) is 0.0870. The summed E-state index contributed by atoms with van der Waals surface area (Å²) in [6, 6.07) is 20.4. The van der Waals surface area contributed by atoms with Crippen molar-refractivity contribution in [2.24, 2.45) is 0 Å². The van der Waals surface area contributed by atoms with Crippen molar-refractivity contribution in [2.75, 3.05) is 5.32 Å². The van der Waals surface area contributed by atoms with Crippen LogP contribution in [0.4, 0.5) is 15.9 Å². The van der Waals surface area contributed by atoms with Gasteiger partial charge in [-0.2, -0.15) is 0 Å². The van der Waals surface area contributed by atoms with Gasteiger partial charge in [-0.15, -0.1) is 10.2 Å². The van der Waals surface area contributed by atoms with Gasteiger partial charge >= 0.3 is 0 Å². The van der Waals surface area contributed by atoms with Crippen molar-refractivity contribution >= 4 is 17.4 Å². The molecule has 2 aromatic carbocycles. The monoisotopic (exact) mass is 406 g/mol. The fourth-order valence-corrected chi connectivity index (χ4v) is 2.91. The quantitative estimate of drug-likeness (QED) is 0.451. The largest absolute Gasteiger partial charge is 0.465 e. The summed E-state index contributed by atoms with van der Waals surface area (Å²) in [4.78, 5) is 12.4. The number of halogens is 1. The van der Waals surface area contributed by atoms with Gasteiger partial charge < -0.3 is 15.1 Å². The lowest BCUT2D eigenvalue weighted by atomic mass is 10.1. The van der Waals surface area contributed by atoms with E-state index in [2.05, 4.69) is 20.8 Å². The SMILES string of the molecule is Cc1ccc(CNC(=O)c2cccc(Nc3ccc(-c4ccc(F)cc4)nn3)c2)o1.[HH].[HH]. The molecule has 4 aromatic rings. The Hall–Kier alpha value is -4.00. The van der Waals surface area contributed by atoms with Crippen molar-refractivity contribution < 1.29 is 16.5 Å². The van der Waals surface area contributed by atoms with E-state index in [4.69, 9.17) is 4.42 Å². The van der Waals surface area contributed by atoms with Gasteiger partial charge in [-0.05, 0) is 73.7 Å². The number of benzene rings is 2. The number of nitrogens with one attached hydrogen (secondary N) is 2. The molecule has 0 aliphatic rings. The number of rotatable bonds is 6. The lowest BCUT2D eigenvalue weighted by Gasteiger charge is -2.08. The van der Waals surface area contributed by atoms with Gasteiger partial charge in [-0.1, -0.05) is 6.07 Å². The van der Waals surface area contributed by atoms with Crippen LogP contribution in [0.5, 0.6) is 0 Å². The van der Waals surface area contributed by atoms with E-state index in [0.29, 0.717) is 35.1 Å². The molecule has 0 unspecified atom stereocenters. The predicted molar refractivity (Wildman–Crippen MR) is 116 cm³/mol. The van der Waals surface area contributed by atoms with E-state index in [9.17, 15) is 9.18 Å². The van der Waals surface area contributed by atoms with E-state index in [0.717, 1.165) is 11.3 Å². The van der Waals surface area contributed by atoms with Crippen molar-refractivity contribution in [1.82, 2.24) is 15.5 Å². The number of hydrogen-bond acceptors (Lipinski definition) is 5. The van der Waals surface area contributed by atoms with Gasteiger partial charge in [0.2, 0.25) is 0 Å².